The molecule has 1 aromatic heterocycles. The summed E-state index contributed by atoms with van der Waals surface area (Å²) < 4.78 is 0. The van der Waals surface area contributed by atoms with E-state index < -0.39 is 0 Å². The molecule has 1 heterocycles. The number of rotatable bonds is 2. The van der Waals surface area contributed by atoms with Crippen LogP contribution in [0, 0.1) is 0 Å². The van der Waals surface area contributed by atoms with Crippen molar-refractivity contribution in [3.63, 3.8) is 0 Å². The monoisotopic (exact) mass is 214 g/mol. The molecule has 82 valence electrons. The Balaban J connectivity index is 2.44. The van der Waals surface area contributed by atoms with E-state index in [0.717, 1.165) is 17.1 Å². The van der Waals surface area contributed by atoms with E-state index in [2.05, 4.69) is 23.8 Å². The van der Waals surface area contributed by atoms with Gasteiger partial charge >= 0.3 is 0 Å². The Morgan fingerprint density at radius 2 is 2.00 bits per heavy atom. The molecule has 0 aliphatic carbocycles. The van der Waals surface area contributed by atoms with Crippen molar-refractivity contribution in [2.45, 2.75) is 19.8 Å². The molecule has 0 amide bonds. The molecule has 0 unspecified atom stereocenters. The van der Waals surface area contributed by atoms with Crippen molar-refractivity contribution in [2.24, 2.45) is 0 Å². The summed E-state index contributed by atoms with van der Waals surface area (Å²) >= 11 is 0. The van der Waals surface area contributed by atoms with Crippen LogP contribution in [-0.2, 0) is 0 Å². The summed E-state index contributed by atoms with van der Waals surface area (Å²) in [5.41, 5.74) is 1.75. The first-order chi connectivity index (χ1) is 7.66. The van der Waals surface area contributed by atoms with Gasteiger partial charge in [0.05, 0.1) is 5.69 Å². The van der Waals surface area contributed by atoms with Crippen molar-refractivity contribution in [1.82, 2.24) is 9.97 Å². The minimum Gasteiger partial charge on any atom is -0.508 e. The predicted molar refractivity (Wildman–Crippen MR) is 63.2 cm³/mol. The van der Waals surface area contributed by atoms with Crippen molar-refractivity contribution >= 4 is 0 Å². The van der Waals surface area contributed by atoms with Gasteiger partial charge in [-0.3, -0.25) is 0 Å². The lowest BCUT2D eigenvalue weighted by atomic mass is 10.1. The van der Waals surface area contributed by atoms with Crippen molar-refractivity contribution in [3.05, 3.63) is 42.4 Å². The molecule has 16 heavy (non-hydrogen) atoms. The van der Waals surface area contributed by atoms with Crippen LogP contribution in [0.1, 0.15) is 25.6 Å². The minimum atomic E-state index is 0.252. The van der Waals surface area contributed by atoms with Gasteiger partial charge in [0.2, 0.25) is 0 Å². The van der Waals surface area contributed by atoms with Gasteiger partial charge in [-0.15, -0.1) is 0 Å². The van der Waals surface area contributed by atoms with Gasteiger partial charge in [0.15, 0.2) is 0 Å². The summed E-state index contributed by atoms with van der Waals surface area (Å²) in [6.07, 6.45) is 1.75. The Bertz CT molecular complexity index is 495. The van der Waals surface area contributed by atoms with Gasteiger partial charge in [-0.2, -0.15) is 0 Å². The molecule has 1 N–H and O–H groups in total. The molecule has 2 aromatic rings. The van der Waals surface area contributed by atoms with Crippen LogP contribution in [0.25, 0.3) is 11.3 Å². The Kier molecular flexibility index (Phi) is 2.86. The number of hydrogen-bond donors (Lipinski definition) is 1. The first-order valence-electron chi connectivity index (χ1n) is 5.29. The quantitative estimate of drug-likeness (QED) is 0.835. The van der Waals surface area contributed by atoms with Crippen LogP contribution >= 0.6 is 0 Å². The largest absolute Gasteiger partial charge is 0.508 e. The fraction of sp³-hybridized carbons (Fsp3) is 0.231. The van der Waals surface area contributed by atoms with Crippen molar-refractivity contribution in [2.75, 3.05) is 0 Å². The highest BCUT2D eigenvalue weighted by Crippen LogP contribution is 2.22. The highest BCUT2D eigenvalue weighted by Gasteiger charge is 2.05. The molecule has 0 aliphatic heterocycles. The molecule has 0 saturated carbocycles. The third-order valence-electron chi connectivity index (χ3n) is 2.33. The predicted octanol–water partition coefficient (Wildman–Crippen LogP) is 2.97. The highest BCUT2D eigenvalue weighted by molar-refractivity contribution is 5.60. The van der Waals surface area contributed by atoms with E-state index in [1.54, 1.807) is 18.3 Å². The smallest absolute Gasteiger partial charge is 0.131 e. The summed E-state index contributed by atoms with van der Waals surface area (Å²) in [6.45, 7) is 4.11. The molecule has 0 aliphatic rings. The van der Waals surface area contributed by atoms with Crippen LogP contribution < -0.4 is 0 Å². The first-order valence-corrected chi connectivity index (χ1v) is 5.29. The lowest BCUT2D eigenvalue weighted by Gasteiger charge is -2.06. The number of phenolic OH excluding ortho intramolecular Hbond substituents is 1. The number of benzene rings is 1. The van der Waals surface area contributed by atoms with Crippen molar-refractivity contribution in [1.29, 1.82) is 0 Å². The maximum Gasteiger partial charge on any atom is 0.131 e. The number of hydrogen-bond acceptors (Lipinski definition) is 3. The zero-order chi connectivity index (χ0) is 11.5. The second-order valence-electron chi connectivity index (χ2n) is 4.01. The summed E-state index contributed by atoms with van der Waals surface area (Å²) in [5, 5.41) is 9.41. The van der Waals surface area contributed by atoms with Crippen LogP contribution in [0.4, 0.5) is 0 Å². The van der Waals surface area contributed by atoms with Crippen LogP contribution in [0.5, 0.6) is 5.75 Å². The van der Waals surface area contributed by atoms with E-state index in [1.165, 1.54) is 0 Å². The van der Waals surface area contributed by atoms with Gasteiger partial charge in [-0.05, 0) is 18.2 Å². The number of aromatic nitrogens is 2. The van der Waals surface area contributed by atoms with Crippen LogP contribution in [0.15, 0.2) is 36.5 Å². The summed E-state index contributed by atoms with van der Waals surface area (Å²) in [5.74, 6) is 1.38. The lowest BCUT2D eigenvalue weighted by Crippen LogP contribution is -1.97. The number of aromatic hydroxyl groups is 1. The van der Waals surface area contributed by atoms with Gasteiger partial charge in [0, 0.05) is 17.7 Å². The second-order valence-corrected chi connectivity index (χ2v) is 4.01. The number of phenols is 1. The van der Waals surface area contributed by atoms with E-state index in [1.807, 2.05) is 18.2 Å². The molecule has 0 saturated heterocycles. The molecule has 0 fully saturated rings. The van der Waals surface area contributed by atoms with E-state index in [4.69, 9.17) is 0 Å². The molecule has 3 nitrogen and oxygen atoms in total. The molecule has 0 atom stereocenters. The molecular weight excluding hydrogens is 200 g/mol. The second kappa shape index (κ2) is 4.31. The van der Waals surface area contributed by atoms with E-state index in [0.29, 0.717) is 5.92 Å². The molecule has 0 bridgehead atoms. The van der Waals surface area contributed by atoms with Gasteiger partial charge < -0.3 is 5.11 Å². The van der Waals surface area contributed by atoms with E-state index >= 15 is 0 Å². The van der Waals surface area contributed by atoms with Gasteiger partial charge in [0.25, 0.3) is 0 Å². The van der Waals surface area contributed by atoms with Gasteiger partial charge in [-0.1, -0.05) is 26.0 Å². The topological polar surface area (TPSA) is 46.0 Å². The zero-order valence-corrected chi connectivity index (χ0v) is 9.38. The first kappa shape index (κ1) is 10.6. The lowest BCUT2D eigenvalue weighted by molar-refractivity contribution is 0.475. The normalized spacial score (nSPS) is 10.7. The van der Waals surface area contributed by atoms with Gasteiger partial charge in [-0.25, -0.2) is 9.97 Å². The van der Waals surface area contributed by atoms with Crippen molar-refractivity contribution in [3.8, 4) is 17.0 Å². The Hall–Kier alpha value is -1.90. The Morgan fingerprint density at radius 1 is 1.19 bits per heavy atom. The SMILES string of the molecule is CC(C)c1nccc(-c2cccc(O)c2)n1. The standard InChI is InChI=1S/C13H14N2O/c1-9(2)13-14-7-6-12(15-13)10-4-3-5-11(16)8-10/h3-9,16H,1-2H3. The average molecular weight is 214 g/mol. The summed E-state index contributed by atoms with van der Waals surface area (Å²) in [7, 11) is 0. The van der Waals surface area contributed by atoms with E-state index in [-0.39, 0.29) is 5.75 Å². The molecule has 0 spiro atoms. The molecule has 2 rings (SSSR count). The highest BCUT2D eigenvalue weighted by atomic mass is 16.3. The summed E-state index contributed by atoms with van der Waals surface area (Å²) in [4.78, 5) is 8.67. The third kappa shape index (κ3) is 2.19. The Labute approximate surface area is 94.8 Å². The zero-order valence-electron chi connectivity index (χ0n) is 9.38. The third-order valence-corrected chi connectivity index (χ3v) is 2.33. The van der Waals surface area contributed by atoms with Gasteiger partial charge in [0.1, 0.15) is 11.6 Å². The molecule has 1 aromatic carbocycles. The van der Waals surface area contributed by atoms with E-state index in [9.17, 15) is 5.11 Å². The van der Waals surface area contributed by atoms with Crippen LogP contribution in [0.2, 0.25) is 0 Å². The van der Waals surface area contributed by atoms with Crippen LogP contribution in [-0.4, -0.2) is 15.1 Å². The number of nitrogens with zero attached hydrogens (tertiary/aromatic N) is 2. The molecular formula is C13H14N2O. The van der Waals surface area contributed by atoms with Crippen molar-refractivity contribution < 1.29 is 5.11 Å². The average Bonchev–Trinajstić information content (AvgIpc) is 2.29. The maximum absolute atomic E-state index is 9.41. The molecule has 3 heteroatoms. The fourth-order valence-electron chi connectivity index (χ4n) is 1.48. The minimum absolute atomic E-state index is 0.252. The molecule has 0 radical (unpaired) electrons. The summed E-state index contributed by atoms with van der Waals surface area (Å²) in [6, 6.07) is 8.93. The van der Waals surface area contributed by atoms with Crippen LogP contribution in [0.3, 0.4) is 0 Å². The fourth-order valence-corrected chi connectivity index (χ4v) is 1.48. The maximum atomic E-state index is 9.41. The Morgan fingerprint density at radius 3 is 2.69 bits per heavy atom.